The molecule has 0 saturated heterocycles. The second-order valence-corrected chi connectivity index (χ2v) is 5.32. The number of halogens is 4. The average Bonchev–Trinajstić information content (AvgIpc) is 2.92. The number of aryl methyl sites for hydroxylation is 1. The van der Waals surface area contributed by atoms with Crippen LogP contribution in [0.2, 0.25) is 5.02 Å². The summed E-state index contributed by atoms with van der Waals surface area (Å²) < 4.78 is 45.7. The molecule has 1 aromatic carbocycles. The monoisotopic (exact) mass is 376 g/mol. The van der Waals surface area contributed by atoms with E-state index in [0.717, 1.165) is 0 Å². The number of hydrogen-bond acceptors (Lipinski definition) is 5. The SMILES string of the molecule is Cc1onc(-c2ccccc2Cl)c1C(=O)OCC(=O)NCC(F)(F)F. The van der Waals surface area contributed by atoms with Crippen LogP contribution in [-0.2, 0) is 9.53 Å². The maximum atomic E-state index is 12.2. The molecule has 1 heterocycles. The molecule has 0 radical (unpaired) electrons. The molecule has 0 atom stereocenters. The minimum Gasteiger partial charge on any atom is -0.452 e. The summed E-state index contributed by atoms with van der Waals surface area (Å²) in [4.78, 5) is 23.5. The minimum absolute atomic E-state index is 0.0586. The maximum absolute atomic E-state index is 12.2. The summed E-state index contributed by atoms with van der Waals surface area (Å²) in [6.07, 6.45) is -4.55. The van der Waals surface area contributed by atoms with Crippen molar-refractivity contribution < 1.29 is 32.0 Å². The van der Waals surface area contributed by atoms with Gasteiger partial charge in [-0.2, -0.15) is 13.2 Å². The fourth-order valence-electron chi connectivity index (χ4n) is 1.90. The molecule has 0 spiro atoms. The second kappa shape index (κ2) is 7.56. The molecule has 0 aliphatic carbocycles. The van der Waals surface area contributed by atoms with Crippen molar-refractivity contribution in [3.8, 4) is 11.3 Å². The van der Waals surface area contributed by atoms with Gasteiger partial charge in [-0.05, 0) is 13.0 Å². The van der Waals surface area contributed by atoms with Crippen molar-refractivity contribution in [2.75, 3.05) is 13.2 Å². The van der Waals surface area contributed by atoms with Gasteiger partial charge >= 0.3 is 12.1 Å². The van der Waals surface area contributed by atoms with E-state index in [-0.39, 0.29) is 17.0 Å². The van der Waals surface area contributed by atoms with Crippen molar-refractivity contribution in [3.63, 3.8) is 0 Å². The van der Waals surface area contributed by atoms with Crippen LogP contribution in [0.4, 0.5) is 13.2 Å². The van der Waals surface area contributed by atoms with Crippen LogP contribution in [0.3, 0.4) is 0 Å². The summed E-state index contributed by atoms with van der Waals surface area (Å²) in [6.45, 7) is -0.935. The molecule has 0 aliphatic heterocycles. The molecule has 6 nitrogen and oxygen atoms in total. The number of carbonyl (C=O) groups is 2. The zero-order valence-corrected chi connectivity index (χ0v) is 13.6. The molecule has 0 aliphatic rings. The Hall–Kier alpha value is -2.55. The van der Waals surface area contributed by atoms with Gasteiger partial charge in [0.15, 0.2) is 6.61 Å². The molecule has 25 heavy (non-hydrogen) atoms. The molecule has 1 aromatic heterocycles. The highest BCUT2D eigenvalue weighted by atomic mass is 35.5. The summed E-state index contributed by atoms with van der Waals surface area (Å²) in [5, 5.41) is 5.66. The lowest BCUT2D eigenvalue weighted by Gasteiger charge is -2.09. The highest BCUT2D eigenvalue weighted by Crippen LogP contribution is 2.31. The lowest BCUT2D eigenvalue weighted by molar-refractivity contribution is -0.140. The van der Waals surface area contributed by atoms with E-state index in [1.54, 1.807) is 29.6 Å². The first kappa shape index (κ1) is 18.8. The van der Waals surface area contributed by atoms with Gasteiger partial charge in [0.05, 0.1) is 5.02 Å². The topological polar surface area (TPSA) is 81.4 Å². The van der Waals surface area contributed by atoms with Crippen LogP contribution in [0.1, 0.15) is 16.1 Å². The number of carbonyl (C=O) groups excluding carboxylic acids is 2. The lowest BCUT2D eigenvalue weighted by atomic mass is 10.1. The third-order valence-corrected chi connectivity index (χ3v) is 3.35. The molecular formula is C15H12ClF3N2O4. The number of benzene rings is 1. The van der Waals surface area contributed by atoms with Crippen LogP contribution in [0.5, 0.6) is 0 Å². The number of amides is 1. The van der Waals surface area contributed by atoms with Gasteiger partial charge in [0.2, 0.25) is 0 Å². The van der Waals surface area contributed by atoms with E-state index in [1.165, 1.54) is 6.92 Å². The van der Waals surface area contributed by atoms with Crippen molar-refractivity contribution in [1.29, 1.82) is 0 Å². The van der Waals surface area contributed by atoms with E-state index < -0.39 is 31.2 Å². The van der Waals surface area contributed by atoms with Gasteiger partial charge in [0.1, 0.15) is 23.6 Å². The first-order chi connectivity index (χ1) is 11.7. The van der Waals surface area contributed by atoms with Crippen LogP contribution in [0.25, 0.3) is 11.3 Å². The van der Waals surface area contributed by atoms with E-state index >= 15 is 0 Å². The maximum Gasteiger partial charge on any atom is 0.405 e. The normalized spacial score (nSPS) is 11.2. The van der Waals surface area contributed by atoms with Crippen LogP contribution in [0, 0.1) is 6.92 Å². The first-order valence-electron chi connectivity index (χ1n) is 6.91. The first-order valence-corrected chi connectivity index (χ1v) is 7.28. The Morgan fingerprint density at radius 2 is 2.00 bits per heavy atom. The van der Waals surface area contributed by atoms with E-state index in [2.05, 4.69) is 5.16 Å². The van der Waals surface area contributed by atoms with Crippen molar-refractivity contribution in [2.24, 2.45) is 0 Å². The van der Waals surface area contributed by atoms with E-state index in [1.807, 2.05) is 0 Å². The Morgan fingerprint density at radius 1 is 1.32 bits per heavy atom. The number of nitrogens with one attached hydrogen (secondary N) is 1. The average molecular weight is 377 g/mol. The highest BCUT2D eigenvalue weighted by molar-refractivity contribution is 6.33. The Morgan fingerprint density at radius 3 is 2.64 bits per heavy atom. The molecule has 134 valence electrons. The number of hydrogen-bond donors (Lipinski definition) is 1. The number of esters is 1. The van der Waals surface area contributed by atoms with Crippen molar-refractivity contribution in [3.05, 3.63) is 40.6 Å². The molecule has 1 amide bonds. The zero-order chi connectivity index (χ0) is 18.6. The molecule has 10 heteroatoms. The fourth-order valence-corrected chi connectivity index (χ4v) is 2.13. The largest absolute Gasteiger partial charge is 0.452 e. The zero-order valence-electron chi connectivity index (χ0n) is 12.8. The summed E-state index contributed by atoms with van der Waals surface area (Å²) in [5.74, 6) is -1.93. The third kappa shape index (κ3) is 4.96. The minimum atomic E-state index is -4.55. The molecule has 2 rings (SSSR count). The Labute approximate surface area is 144 Å². The smallest absolute Gasteiger partial charge is 0.405 e. The van der Waals surface area contributed by atoms with Gasteiger partial charge in [0.25, 0.3) is 5.91 Å². The molecule has 0 saturated carbocycles. The van der Waals surface area contributed by atoms with E-state index in [0.29, 0.717) is 10.6 Å². The van der Waals surface area contributed by atoms with E-state index in [4.69, 9.17) is 20.9 Å². The van der Waals surface area contributed by atoms with Crippen LogP contribution in [-0.4, -0.2) is 36.4 Å². The van der Waals surface area contributed by atoms with Gasteiger partial charge in [0, 0.05) is 5.56 Å². The molecule has 0 bridgehead atoms. The van der Waals surface area contributed by atoms with Crippen molar-refractivity contribution in [1.82, 2.24) is 10.5 Å². The van der Waals surface area contributed by atoms with Gasteiger partial charge in [-0.1, -0.05) is 35.0 Å². The standard InChI is InChI=1S/C15H12ClF3N2O4/c1-8-12(13(21-25-8)9-4-2-3-5-10(9)16)14(23)24-6-11(22)20-7-15(17,18)19/h2-5H,6-7H2,1H3,(H,20,22). The predicted octanol–water partition coefficient (Wildman–Crippen LogP) is 3.14. The second-order valence-electron chi connectivity index (χ2n) is 4.91. The van der Waals surface area contributed by atoms with Crippen LogP contribution >= 0.6 is 11.6 Å². The van der Waals surface area contributed by atoms with Gasteiger partial charge < -0.3 is 14.6 Å². The number of nitrogens with zero attached hydrogens (tertiary/aromatic N) is 1. The summed E-state index contributed by atoms with van der Waals surface area (Å²) in [5.41, 5.74) is 0.468. The molecular weight excluding hydrogens is 365 g/mol. The summed E-state index contributed by atoms with van der Waals surface area (Å²) in [7, 11) is 0. The molecule has 2 aromatic rings. The Balaban J connectivity index is 2.09. The van der Waals surface area contributed by atoms with Gasteiger partial charge in [-0.3, -0.25) is 4.79 Å². The number of aromatic nitrogens is 1. The molecule has 1 N–H and O–H groups in total. The summed E-state index contributed by atoms with van der Waals surface area (Å²) in [6, 6.07) is 6.54. The van der Waals surface area contributed by atoms with Crippen molar-refractivity contribution >= 4 is 23.5 Å². The summed E-state index contributed by atoms with van der Waals surface area (Å²) >= 11 is 6.05. The fraction of sp³-hybridized carbons (Fsp3) is 0.267. The number of alkyl halides is 3. The number of ether oxygens (including phenoxy) is 1. The molecule has 0 unspecified atom stereocenters. The van der Waals surface area contributed by atoms with Crippen LogP contribution in [0.15, 0.2) is 28.8 Å². The predicted molar refractivity (Wildman–Crippen MR) is 81.0 cm³/mol. The lowest BCUT2D eigenvalue weighted by Crippen LogP contribution is -2.36. The Kier molecular flexibility index (Phi) is 5.68. The van der Waals surface area contributed by atoms with Crippen molar-refractivity contribution in [2.45, 2.75) is 13.1 Å². The third-order valence-electron chi connectivity index (χ3n) is 3.02. The van der Waals surface area contributed by atoms with Gasteiger partial charge in [-0.15, -0.1) is 0 Å². The Bertz CT molecular complexity index is 789. The quantitative estimate of drug-likeness (QED) is 0.811. The highest BCUT2D eigenvalue weighted by Gasteiger charge is 2.28. The van der Waals surface area contributed by atoms with Crippen LogP contribution < -0.4 is 5.32 Å². The van der Waals surface area contributed by atoms with Gasteiger partial charge in [-0.25, -0.2) is 4.79 Å². The molecule has 0 fully saturated rings. The number of rotatable bonds is 5. The van der Waals surface area contributed by atoms with E-state index in [9.17, 15) is 22.8 Å².